The van der Waals surface area contributed by atoms with Crippen molar-refractivity contribution < 1.29 is 8.42 Å². The molecule has 2 atom stereocenters. The lowest BCUT2D eigenvalue weighted by molar-refractivity contribution is 0.349. The van der Waals surface area contributed by atoms with Gasteiger partial charge in [-0.2, -0.15) is 4.31 Å². The maximum Gasteiger partial charge on any atom is 0.244 e. The smallest absolute Gasteiger partial charge is 0.244 e. The first-order valence-electron chi connectivity index (χ1n) is 7.57. The molecule has 4 rings (SSSR count). The van der Waals surface area contributed by atoms with Gasteiger partial charge in [-0.05, 0) is 31.0 Å². The zero-order chi connectivity index (χ0) is 15.3. The highest BCUT2D eigenvalue weighted by Gasteiger charge is 2.43. The minimum absolute atomic E-state index is 0.305. The van der Waals surface area contributed by atoms with Gasteiger partial charge in [0, 0.05) is 37.8 Å². The predicted octanol–water partition coefficient (Wildman–Crippen LogP) is 1.42. The van der Waals surface area contributed by atoms with Crippen LogP contribution in [0, 0.1) is 11.8 Å². The SMILES string of the molecule is CN1C[C@@H]2CN(S(=O)(=O)c3cnc4ccccc4c3)C[C@@H]2C1. The van der Waals surface area contributed by atoms with Gasteiger partial charge >= 0.3 is 0 Å². The molecule has 0 aliphatic carbocycles. The second kappa shape index (κ2) is 5.01. The molecule has 0 unspecified atom stereocenters. The summed E-state index contributed by atoms with van der Waals surface area (Å²) in [5, 5.41) is 0.864. The van der Waals surface area contributed by atoms with Crippen LogP contribution in [0.25, 0.3) is 10.9 Å². The molecular weight excluding hydrogens is 298 g/mol. The molecule has 116 valence electrons. The van der Waals surface area contributed by atoms with Crippen LogP contribution < -0.4 is 0 Å². The van der Waals surface area contributed by atoms with E-state index in [9.17, 15) is 8.42 Å². The van der Waals surface area contributed by atoms with Crippen LogP contribution in [0.5, 0.6) is 0 Å². The Morgan fingerprint density at radius 2 is 1.77 bits per heavy atom. The van der Waals surface area contributed by atoms with Crippen LogP contribution in [0.15, 0.2) is 41.4 Å². The van der Waals surface area contributed by atoms with Crippen LogP contribution in [-0.2, 0) is 10.0 Å². The second-order valence-corrected chi connectivity index (χ2v) is 8.37. The third kappa shape index (κ3) is 2.22. The van der Waals surface area contributed by atoms with Gasteiger partial charge in [0.2, 0.25) is 10.0 Å². The summed E-state index contributed by atoms with van der Waals surface area (Å²) in [5.74, 6) is 0.932. The van der Waals surface area contributed by atoms with Gasteiger partial charge in [0.25, 0.3) is 0 Å². The van der Waals surface area contributed by atoms with Gasteiger partial charge in [-0.25, -0.2) is 8.42 Å². The molecule has 1 aromatic carbocycles. The number of hydrogen-bond donors (Lipinski definition) is 0. The molecule has 2 aromatic rings. The van der Waals surface area contributed by atoms with Gasteiger partial charge in [0.05, 0.1) is 5.52 Å². The van der Waals surface area contributed by atoms with E-state index >= 15 is 0 Å². The van der Waals surface area contributed by atoms with Crippen LogP contribution in [-0.4, -0.2) is 55.8 Å². The number of pyridine rings is 1. The standard InChI is InChI=1S/C16H19N3O2S/c1-18-8-13-10-19(11-14(13)9-18)22(20,21)15-6-12-4-2-3-5-16(12)17-7-15/h2-7,13-14H,8-11H2,1H3/t13-,14+. The second-order valence-electron chi connectivity index (χ2n) is 6.43. The van der Waals surface area contributed by atoms with E-state index in [4.69, 9.17) is 0 Å². The molecule has 22 heavy (non-hydrogen) atoms. The molecule has 0 N–H and O–H groups in total. The van der Waals surface area contributed by atoms with Crippen molar-refractivity contribution in [1.82, 2.24) is 14.2 Å². The van der Waals surface area contributed by atoms with Crippen LogP contribution >= 0.6 is 0 Å². The predicted molar refractivity (Wildman–Crippen MR) is 85.0 cm³/mol. The number of para-hydroxylation sites is 1. The number of sulfonamides is 1. The highest BCUT2D eigenvalue weighted by molar-refractivity contribution is 7.89. The van der Waals surface area contributed by atoms with Crippen LogP contribution in [0.3, 0.4) is 0 Å². The molecule has 2 fully saturated rings. The fraction of sp³-hybridized carbons (Fsp3) is 0.438. The van der Waals surface area contributed by atoms with Crippen molar-refractivity contribution in [2.75, 3.05) is 33.2 Å². The van der Waals surface area contributed by atoms with Crippen molar-refractivity contribution in [3.63, 3.8) is 0 Å². The van der Waals surface area contributed by atoms with E-state index < -0.39 is 10.0 Å². The van der Waals surface area contributed by atoms with Gasteiger partial charge in [-0.3, -0.25) is 4.98 Å². The van der Waals surface area contributed by atoms with Crippen molar-refractivity contribution in [2.45, 2.75) is 4.90 Å². The molecule has 0 radical (unpaired) electrons. The van der Waals surface area contributed by atoms with Crippen molar-refractivity contribution in [1.29, 1.82) is 0 Å². The van der Waals surface area contributed by atoms with Crippen molar-refractivity contribution in [3.05, 3.63) is 36.5 Å². The third-order valence-electron chi connectivity index (χ3n) is 4.84. The maximum absolute atomic E-state index is 12.9. The summed E-state index contributed by atoms with van der Waals surface area (Å²) in [6, 6.07) is 9.33. The fourth-order valence-electron chi connectivity index (χ4n) is 3.72. The molecule has 0 amide bonds. The Balaban J connectivity index is 1.65. The third-order valence-corrected chi connectivity index (χ3v) is 6.64. The topological polar surface area (TPSA) is 53.5 Å². The number of nitrogens with zero attached hydrogens (tertiary/aromatic N) is 3. The van der Waals surface area contributed by atoms with Crippen LogP contribution in [0.1, 0.15) is 0 Å². The molecule has 6 heteroatoms. The first kappa shape index (κ1) is 14.1. The maximum atomic E-state index is 12.9. The summed E-state index contributed by atoms with van der Waals surface area (Å²) in [4.78, 5) is 6.88. The molecule has 0 spiro atoms. The van der Waals surface area contributed by atoms with Gasteiger partial charge in [0.1, 0.15) is 4.90 Å². The average molecular weight is 317 g/mol. The summed E-state index contributed by atoms with van der Waals surface area (Å²) in [7, 11) is -1.34. The molecule has 3 heterocycles. The Hall–Kier alpha value is -1.50. The normalized spacial score (nSPS) is 26.6. The highest BCUT2D eigenvalue weighted by atomic mass is 32.2. The molecule has 0 bridgehead atoms. The van der Waals surface area contributed by atoms with Crippen molar-refractivity contribution >= 4 is 20.9 Å². The van der Waals surface area contributed by atoms with Crippen molar-refractivity contribution in [2.24, 2.45) is 11.8 Å². The molecule has 1 aromatic heterocycles. The Morgan fingerprint density at radius 1 is 1.09 bits per heavy atom. The largest absolute Gasteiger partial charge is 0.306 e. The summed E-state index contributed by atoms with van der Waals surface area (Å²) in [5.41, 5.74) is 0.821. The monoisotopic (exact) mass is 317 g/mol. The first-order chi connectivity index (χ1) is 10.5. The fourth-order valence-corrected chi connectivity index (χ4v) is 5.26. The Labute approximate surface area is 130 Å². The molecule has 5 nitrogen and oxygen atoms in total. The van der Waals surface area contributed by atoms with E-state index in [0.29, 0.717) is 29.8 Å². The first-order valence-corrected chi connectivity index (χ1v) is 9.01. The van der Waals surface area contributed by atoms with E-state index in [0.717, 1.165) is 24.0 Å². The minimum atomic E-state index is -3.44. The molecular formula is C16H19N3O2S. The number of likely N-dealkylation sites (tertiary alicyclic amines) is 1. The van der Waals surface area contributed by atoms with E-state index in [-0.39, 0.29) is 0 Å². The van der Waals surface area contributed by atoms with E-state index in [1.54, 1.807) is 10.4 Å². The van der Waals surface area contributed by atoms with Gasteiger partial charge in [-0.1, -0.05) is 18.2 Å². The Bertz CT molecular complexity index is 807. The van der Waals surface area contributed by atoms with Gasteiger partial charge < -0.3 is 4.90 Å². The Kier molecular flexibility index (Phi) is 3.21. The zero-order valence-electron chi connectivity index (χ0n) is 12.5. The lowest BCUT2D eigenvalue weighted by Crippen LogP contribution is -2.32. The quantitative estimate of drug-likeness (QED) is 0.840. The summed E-state index contributed by atoms with van der Waals surface area (Å²) < 4.78 is 27.4. The lowest BCUT2D eigenvalue weighted by Gasteiger charge is -2.19. The van der Waals surface area contributed by atoms with E-state index in [1.807, 2.05) is 24.3 Å². The number of fused-ring (bicyclic) bond motifs is 2. The summed E-state index contributed by atoms with van der Waals surface area (Å²) >= 11 is 0. The van der Waals surface area contributed by atoms with E-state index in [1.165, 1.54) is 6.20 Å². The summed E-state index contributed by atoms with van der Waals surface area (Å²) in [6.45, 7) is 3.24. The number of benzene rings is 1. The van der Waals surface area contributed by atoms with Crippen molar-refractivity contribution in [3.8, 4) is 0 Å². The lowest BCUT2D eigenvalue weighted by atomic mass is 10.0. The molecule has 2 aliphatic rings. The van der Waals surface area contributed by atoms with Gasteiger partial charge in [0.15, 0.2) is 0 Å². The summed E-state index contributed by atoms with van der Waals surface area (Å²) in [6.07, 6.45) is 1.48. The zero-order valence-corrected chi connectivity index (χ0v) is 13.3. The number of aromatic nitrogens is 1. The average Bonchev–Trinajstić information content (AvgIpc) is 3.04. The number of hydrogen-bond acceptors (Lipinski definition) is 4. The van der Waals surface area contributed by atoms with E-state index in [2.05, 4.69) is 16.9 Å². The number of rotatable bonds is 2. The van der Waals surface area contributed by atoms with Crippen LogP contribution in [0.4, 0.5) is 0 Å². The highest BCUT2D eigenvalue weighted by Crippen LogP contribution is 2.33. The van der Waals surface area contributed by atoms with Gasteiger partial charge in [-0.15, -0.1) is 0 Å². The molecule has 2 aliphatic heterocycles. The van der Waals surface area contributed by atoms with Crippen LogP contribution in [0.2, 0.25) is 0 Å². The molecule has 0 saturated carbocycles. The molecule has 2 saturated heterocycles. The Morgan fingerprint density at radius 3 is 2.50 bits per heavy atom. The minimum Gasteiger partial charge on any atom is -0.306 e.